The molecule has 1 aromatic heterocycles. The van der Waals surface area contributed by atoms with Crippen LogP contribution in [-0.2, 0) is 11.2 Å². The molecule has 0 spiro atoms. The van der Waals surface area contributed by atoms with Gasteiger partial charge in [0.25, 0.3) is 0 Å². The first-order valence-corrected chi connectivity index (χ1v) is 5.59. The molecule has 1 aromatic rings. The Labute approximate surface area is 95.8 Å². The molecule has 0 bridgehead atoms. The zero-order chi connectivity index (χ0) is 11.5. The van der Waals surface area contributed by atoms with Crippen LogP contribution < -0.4 is 0 Å². The van der Waals surface area contributed by atoms with Crippen molar-refractivity contribution in [3.05, 3.63) is 24.2 Å². The minimum absolute atomic E-state index is 0.0219. The molecule has 0 amide bonds. The Morgan fingerprint density at radius 3 is 3.00 bits per heavy atom. The molecule has 0 radical (unpaired) electrons. The van der Waals surface area contributed by atoms with Crippen molar-refractivity contribution in [2.75, 3.05) is 33.7 Å². The van der Waals surface area contributed by atoms with Crippen LogP contribution in [0.2, 0.25) is 0 Å². The summed E-state index contributed by atoms with van der Waals surface area (Å²) in [5.41, 5.74) is 0.964. The zero-order valence-corrected chi connectivity index (χ0v) is 9.85. The number of carbonyl (C=O) groups excluding carboxylic acids is 1. The molecule has 4 heteroatoms. The largest absolute Gasteiger partial charge is 0.472 e. The van der Waals surface area contributed by atoms with Crippen molar-refractivity contribution in [1.29, 1.82) is 0 Å². The van der Waals surface area contributed by atoms with Gasteiger partial charge in [-0.3, -0.25) is 9.69 Å². The van der Waals surface area contributed by atoms with Crippen LogP contribution in [-0.4, -0.2) is 55.4 Å². The minimum Gasteiger partial charge on any atom is -0.472 e. The van der Waals surface area contributed by atoms with Crippen molar-refractivity contribution in [2.45, 2.75) is 12.5 Å². The quantitative estimate of drug-likeness (QED) is 0.752. The third-order valence-electron chi connectivity index (χ3n) is 3.18. The summed E-state index contributed by atoms with van der Waals surface area (Å²) in [5.74, 6) is 0.274. The Morgan fingerprint density at radius 2 is 2.31 bits per heavy atom. The predicted molar refractivity (Wildman–Crippen MR) is 61.3 cm³/mol. The third-order valence-corrected chi connectivity index (χ3v) is 3.18. The van der Waals surface area contributed by atoms with E-state index in [9.17, 15) is 4.79 Å². The number of piperazine rings is 1. The van der Waals surface area contributed by atoms with Crippen molar-refractivity contribution in [3.63, 3.8) is 0 Å². The number of nitrogens with zero attached hydrogens (tertiary/aromatic N) is 2. The molecule has 1 atom stereocenters. The molecule has 1 aliphatic rings. The summed E-state index contributed by atoms with van der Waals surface area (Å²) in [5, 5.41) is 0. The van der Waals surface area contributed by atoms with Gasteiger partial charge in [0.1, 0.15) is 0 Å². The van der Waals surface area contributed by atoms with Gasteiger partial charge in [0.15, 0.2) is 5.78 Å². The topological polar surface area (TPSA) is 36.7 Å². The minimum atomic E-state index is 0.0219. The summed E-state index contributed by atoms with van der Waals surface area (Å²) in [6, 6.07) is 1.87. The SMILES string of the molecule is CN1CCN(C)C(C(=O)Cc2ccoc2)C1. The second-order valence-corrected chi connectivity index (χ2v) is 4.53. The van der Waals surface area contributed by atoms with Crippen LogP contribution in [0, 0.1) is 0 Å². The number of Topliss-reactive ketones (excluding diaryl/α,β-unsaturated/α-hetero) is 1. The predicted octanol–water partition coefficient (Wildman–Crippen LogP) is 0.637. The highest BCUT2D eigenvalue weighted by atomic mass is 16.3. The molecule has 2 rings (SSSR count). The Balaban J connectivity index is 1.97. The van der Waals surface area contributed by atoms with E-state index in [1.165, 1.54) is 0 Å². The molecular formula is C12H18N2O2. The number of carbonyl (C=O) groups is 1. The van der Waals surface area contributed by atoms with Gasteiger partial charge in [0, 0.05) is 26.1 Å². The number of likely N-dealkylation sites (N-methyl/N-ethyl adjacent to an activating group) is 2. The van der Waals surface area contributed by atoms with E-state index in [1.807, 2.05) is 13.1 Å². The highest BCUT2D eigenvalue weighted by Gasteiger charge is 2.28. The van der Waals surface area contributed by atoms with Gasteiger partial charge >= 0.3 is 0 Å². The molecule has 1 unspecified atom stereocenters. The van der Waals surface area contributed by atoms with Crippen LogP contribution >= 0.6 is 0 Å². The van der Waals surface area contributed by atoms with Gasteiger partial charge in [-0.25, -0.2) is 0 Å². The highest BCUT2D eigenvalue weighted by Crippen LogP contribution is 2.10. The maximum Gasteiger partial charge on any atom is 0.155 e. The summed E-state index contributed by atoms with van der Waals surface area (Å²) < 4.78 is 4.97. The Kier molecular flexibility index (Phi) is 3.41. The molecule has 4 nitrogen and oxygen atoms in total. The molecule has 0 saturated carbocycles. The maximum absolute atomic E-state index is 12.1. The second-order valence-electron chi connectivity index (χ2n) is 4.53. The van der Waals surface area contributed by atoms with E-state index in [0.717, 1.165) is 25.2 Å². The van der Waals surface area contributed by atoms with Crippen LogP contribution in [0.1, 0.15) is 5.56 Å². The first-order chi connectivity index (χ1) is 7.66. The number of ketones is 1. The fourth-order valence-corrected chi connectivity index (χ4v) is 2.07. The van der Waals surface area contributed by atoms with Crippen LogP contribution in [0.5, 0.6) is 0 Å². The molecule has 1 fully saturated rings. The maximum atomic E-state index is 12.1. The molecule has 0 N–H and O–H groups in total. The number of rotatable bonds is 3. The number of hydrogen-bond donors (Lipinski definition) is 0. The Hall–Kier alpha value is -1.13. The Bertz CT molecular complexity index is 348. The molecule has 16 heavy (non-hydrogen) atoms. The van der Waals surface area contributed by atoms with Gasteiger partial charge in [-0.05, 0) is 25.7 Å². The molecule has 88 valence electrons. The van der Waals surface area contributed by atoms with Crippen molar-refractivity contribution >= 4 is 5.78 Å². The lowest BCUT2D eigenvalue weighted by Gasteiger charge is -2.36. The van der Waals surface area contributed by atoms with E-state index in [2.05, 4.69) is 16.8 Å². The van der Waals surface area contributed by atoms with Crippen LogP contribution in [0.3, 0.4) is 0 Å². The van der Waals surface area contributed by atoms with E-state index >= 15 is 0 Å². The van der Waals surface area contributed by atoms with E-state index < -0.39 is 0 Å². The van der Waals surface area contributed by atoms with Crippen molar-refractivity contribution in [1.82, 2.24) is 9.80 Å². The summed E-state index contributed by atoms with van der Waals surface area (Å²) in [6.07, 6.45) is 3.73. The normalized spacial score (nSPS) is 23.5. The average molecular weight is 222 g/mol. The highest BCUT2D eigenvalue weighted by molar-refractivity contribution is 5.86. The van der Waals surface area contributed by atoms with E-state index in [0.29, 0.717) is 6.42 Å². The van der Waals surface area contributed by atoms with Gasteiger partial charge in [-0.1, -0.05) is 0 Å². The molecule has 1 saturated heterocycles. The van der Waals surface area contributed by atoms with E-state index in [4.69, 9.17) is 4.42 Å². The fraction of sp³-hybridized carbons (Fsp3) is 0.583. The lowest BCUT2D eigenvalue weighted by Crippen LogP contribution is -2.53. The van der Waals surface area contributed by atoms with Gasteiger partial charge < -0.3 is 9.32 Å². The first-order valence-electron chi connectivity index (χ1n) is 5.59. The lowest BCUT2D eigenvalue weighted by molar-refractivity contribution is -0.125. The van der Waals surface area contributed by atoms with Crippen LogP contribution in [0.25, 0.3) is 0 Å². The van der Waals surface area contributed by atoms with Crippen molar-refractivity contribution < 1.29 is 9.21 Å². The molecule has 0 aliphatic carbocycles. The van der Waals surface area contributed by atoms with Gasteiger partial charge in [0.2, 0.25) is 0 Å². The van der Waals surface area contributed by atoms with Crippen LogP contribution in [0.15, 0.2) is 23.0 Å². The molecular weight excluding hydrogens is 204 g/mol. The second kappa shape index (κ2) is 4.80. The van der Waals surface area contributed by atoms with Crippen molar-refractivity contribution in [2.24, 2.45) is 0 Å². The summed E-state index contributed by atoms with van der Waals surface area (Å²) in [6.45, 7) is 2.82. The lowest BCUT2D eigenvalue weighted by atomic mass is 10.0. The first kappa shape index (κ1) is 11.4. The van der Waals surface area contributed by atoms with E-state index in [1.54, 1.807) is 12.5 Å². The smallest absolute Gasteiger partial charge is 0.155 e. The summed E-state index contributed by atoms with van der Waals surface area (Å²) in [7, 11) is 4.08. The van der Waals surface area contributed by atoms with Crippen molar-refractivity contribution in [3.8, 4) is 0 Å². The molecule has 1 aliphatic heterocycles. The van der Waals surface area contributed by atoms with Crippen LogP contribution in [0.4, 0.5) is 0 Å². The standard InChI is InChI=1S/C12H18N2O2/c1-13-4-5-14(2)11(8-13)12(15)7-10-3-6-16-9-10/h3,6,9,11H,4-5,7-8H2,1-2H3. The van der Waals surface area contributed by atoms with Gasteiger partial charge in [-0.15, -0.1) is 0 Å². The van der Waals surface area contributed by atoms with Gasteiger partial charge in [0.05, 0.1) is 18.6 Å². The number of hydrogen-bond acceptors (Lipinski definition) is 4. The third kappa shape index (κ3) is 2.51. The van der Waals surface area contributed by atoms with E-state index in [-0.39, 0.29) is 11.8 Å². The molecule has 0 aromatic carbocycles. The van der Waals surface area contributed by atoms with Gasteiger partial charge in [-0.2, -0.15) is 0 Å². The fourth-order valence-electron chi connectivity index (χ4n) is 2.07. The molecule has 2 heterocycles. The average Bonchev–Trinajstić information content (AvgIpc) is 2.74. The summed E-state index contributed by atoms with van der Waals surface area (Å²) in [4.78, 5) is 16.5. The number of furan rings is 1. The summed E-state index contributed by atoms with van der Waals surface area (Å²) >= 11 is 0. The monoisotopic (exact) mass is 222 g/mol. The Morgan fingerprint density at radius 1 is 1.50 bits per heavy atom. The zero-order valence-electron chi connectivity index (χ0n) is 9.85.